The van der Waals surface area contributed by atoms with Gasteiger partial charge in [-0.05, 0) is 37.2 Å². The molecule has 3 aliphatic rings. The van der Waals surface area contributed by atoms with E-state index in [4.69, 9.17) is 9.47 Å². The first kappa shape index (κ1) is 18.5. The number of amides is 1. The summed E-state index contributed by atoms with van der Waals surface area (Å²) in [5.74, 6) is 1.52. The molecule has 5 rings (SSSR count). The highest BCUT2D eigenvalue weighted by Gasteiger charge is 2.48. The summed E-state index contributed by atoms with van der Waals surface area (Å²) in [5.41, 5.74) is 4.30. The van der Waals surface area contributed by atoms with E-state index in [0.717, 1.165) is 60.1 Å². The summed E-state index contributed by atoms with van der Waals surface area (Å²) in [6, 6.07) is 12.3. The van der Waals surface area contributed by atoms with Crippen LogP contribution in [-0.2, 0) is 4.79 Å². The minimum Gasteiger partial charge on any atom is -0.496 e. The van der Waals surface area contributed by atoms with Gasteiger partial charge in [-0.1, -0.05) is 18.2 Å². The zero-order valence-corrected chi connectivity index (χ0v) is 17.2. The molecule has 3 aliphatic heterocycles. The molecular formula is C23H27N3O3. The fourth-order valence-electron chi connectivity index (χ4n) is 4.75. The summed E-state index contributed by atoms with van der Waals surface area (Å²) in [4.78, 5) is 20.1. The molecule has 29 heavy (non-hydrogen) atoms. The van der Waals surface area contributed by atoms with Gasteiger partial charge in [0.1, 0.15) is 11.5 Å². The van der Waals surface area contributed by atoms with Crippen LogP contribution in [0.5, 0.6) is 11.5 Å². The first-order valence-electron chi connectivity index (χ1n) is 10.2. The van der Waals surface area contributed by atoms with Crippen molar-refractivity contribution in [1.82, 2.24) is 9.80 Å². The third kappa shape index (κ3) is 2.98. The van der Waals surface area contributed by atoms with Crippen LogP contribution in [-0.4, -0.2) is 68.8 Å². The van der Waals surface area contributed by atoms with Gasteiger partial charge in [0.2, 0.25) is 0 Å². The van der Waals surface area contributed by atoms with E-state index in [-0.39, 0.29) is 11.8 Å². The molecule has 0 spiro atoms. The maximum Gasteiger partial charge on any atom is 0.270 e. The standard InChI is InChI=1S/C23H27N3O3/c1-15-12-17-20(13-19(15)28-3)29-22-21(17)16-6-4-5-7-18(16)26(23(22)27)14-25-10-8-24(2)9-11-25/h4-7,12-13,21-22H,8-11,14H2,1-3H3/t21-,22?/m1/s1. The van der Waals surface area contributed by atoms with E-state index in [9.17, 15) is 4.79 Å². The Bertz CT molecular complexity index is 952. The lowest BCUT2D eigenvalue weighted by atomic mass is 9.83. The van der Waals surface area contributed by atoms with E-state index < -0.39 is 6.10 Å². The molecule has 6 nitrogen and oxygen atoms in total. The first-order chi connectivity index (χ1) is 14.1. The number of carbonyl (C=O) groups is 1. The Hall–Kier alpha value is -2.57. The quantitative estimate of drug-likeness (QED) is 0.802. The number of ether oxygens (including phenoxy) is 2. The van der Waals surface area contributed by atoms with Crippen molar-refractivity contribution in [2.45, 2.75) is 18.9 Å². The van der Waals surface area contributed by atoms with Crippen molar-refractivity contribution < 1.29 is 14.3 Å². The van der Waals surface area contributed by atoms with Gasteiger partial charge in [0.25, 0.3) is 5.91 Å². The molecule has 6 heteroatoms. The molecule has 2 aromatic rings. The largest absolute Gasteiger partial charge is 0.496 e. The van der Waals surface area contributed by atoms with E-state index in [0.29, 0.717) is 6.67 Å². The number of hydrogen-bond donors (Lipinski definition) is 0. The lowest BCUT2D eigenvalue weighted by Gasteiger charge is -2.40. The number of aryl methyl sites for hydroxylation is 1. The average Bonchev–Trinajstić information content (AvgIpc) is 3.10. The Kier molecular flexibility index (Phi) is 4.48. The summed E-state index contributed by atoms with van der Waals surface area (Å²) < 4.78 is 11.7. The van der Waals surface area contributed by atoms with Crippen LogP contribution in [0, 0.1) is 6.92 Å². The second kappa shape index (κ2) is 7.04. The number of anilines is 1. The van der Waals surface area contributed by atoms with Crippen LogP contribution in [0.15, 0.2) is 36.4 Å². The third-order valence-corrected chi connectivity index (χ3v) is 6.43. The van der Waals surface area contributed by atoms with Crippen LogP contribution >= 0.6 is 0 Å². The van der Waals surface area contributed by atoms with Crippen molar-refractivity contribution in [3.05, 3.63) is 53.1 Å². The van der Waals surface area contributed by atoms with Crippen LogP contribution in [0.4, 0.5) is 5.69 Å². The average molecular weight is 393 g/mol. The maximum absolute atomic E-state index is 13.5. The molecule has 0 bridgehead atoms. The van der Waals surface area contributed by atoms with Crippen LogP contribution in [0.1, 0.15) is 22.6 Å². The minimum atomic E-state index is -0.515. The van der Waals surface area contributed by atoms with Crippen molar-refractivity contribution in [2.75, 3.05) is 51.9 Å². The highest BCUT2D eigenvalue weighted by Crippen LogP contribution is 2.50. The number of likely N-dealkylation sites (N-methyl/N-ethyl adjacent to an activating group) is 1. The van der Waals surface area contributed by atoms with Gasteiger partial charge in [-0.15, -0.1) is 0 Å². The lowest BCUT2D eigenvalue weighted by Crippen LogP contribution is -2.54. The van der Waals surface area contributed by atoms with E-state index in [2.05, 4.69) is 35.0 Å². The third-order valence-electron chi connectivity index (χ3n) is 6.43. The molecule has 1 saturated heterocycles. The fourth-order valence-corrected chi connectivity index (χ4v) is 4.75. The Morgan fingerprint density at radius 2 is 1.86 bits per heavy atom. The lowest BCUT2D eigenvalue weighted by molar-refractivity contribution is -0.126. The molecule has 3 heterocycles. The summed E-state index contributed by atoms with van der Waals surface area (Å²) in [7, 11) is 3.80. The molecular weight excluding hydrogens is 366 g/mol. The van der Waals surface area contributed by atoms with Gasteiger partial charge in [0.05, 0.1) is 19.7 Å². The Balaban J connectivity index is 1.52. The molecule has 1 unspecified atom stereocenters. The van der Waals surface area contributed by atoms with Crippen LogP contribution in [0.2, 0.25) is 0 Å². The second-order valence-corrected chi connectivity index (χ2v) is 8.26. The number of fused-ring (bicyclic) bond motifs is 5. The van der Waals surface area contributed by atoms with Gasteiger partial charge in [0.15, 0.2) is 6.10 Å². The minimum absolute atomic E-state index is 0.0421. The van der Waals surface area contributed by atoms with Crippen LogP contribution in [0.3, 0.4) is 0 Å². The molecule has 152 valence electrons. The van der Waals surface area contributed by atoms with Gasteiger partial charge in [0, 0.05) is 43.5 Å². The molecule has 0 aliphatic carbocycles. The number of para-hydroxylation sites is 1. The number of benzene rings is 2. The molecule has 0 saturated carbocycles. The van der Waals surface area contributed by atoms with E-state index in [1.54, 1.807) is 7.11 Å². The predicted octanol–water partition coefficient (Wildman–Crippen LogP) is 2.45. The topological polar surface area (TPSA) is 45.2 Å². The zero-order valence-electron chi connectivity index (χ0n) is 17.2. The normalized spacial score (nSPS) is 24.0. The molecule has 1 fully saturated rings. The molecule has 2 atom stereocenters. The van der Waals surface area contributed by atoms with Crippen molar-refractivity contribution in [3.8, 4) is 11.5 Å². The number of methoxy groups -OCH3 is 1. The van der Waals surface area contributed by atoms with E-state index in [1.807, 2.05) is 30.0 Å². The molecule has 0 N–H and O–H groups in total. The van der Waals surface area contributed by atoms with Crippen LogP contribution in [0.25, 0.3) is 0 Å². The predicted molar refractivity (Wildman–Crippen MR) is 112 cm³/mol. The van der Waals surface area contributed by atoms with E-state index >= 15 is 0 Å². The maximum atomic E-state index is 13.5. The summed E-state index contributed by atoms with van der Waals surface area (Å²) in [5, 5.41) is 0. The van der Waals surface area contributed by atoms with Crippen molar-refractivity contribution >= 4 is 11.6 Å². The van der Waals surface area contributed by atoms with Crippen molar-refractivity contribution in [2.24, 2.45) is 0 Å². The number of rotatable bonds is 3. The Morgan fingerprint density at radius 1 is 1.10 bits per heavy atom. The molecule has 2 aromatic carbocycles. The first-order valence-corrected chi connectivity index (χ1v) is 10.2. The number of hydrogen-bond acceptors (Lipinski definition) is 5. The molecule has 0 aromatic heterocycles. The Labute approximate surface area is 171 Å². The highest BCUT2D eigenvalue weighted by molar-refractivity contribution is 6.02. The summed E-state index contributed by atoms with van der Waals surface area (Å²) >= 11 is 0. The van der Waals surface area contributed by atoms with Crippen LogP contribution < -0.4 is 14.4 Å². The summed E-state index contributed by atoms with van der Waals surface area (Å²) in [6.45, 7) is 6.62. The molecule has 1 amide bonds. The number of nitrogens with zero attached hydrogens (tertiary/aromatic N) is 3. The monoisotopic (exact) mass is 393 g/mol. The van der Waals surface area contributed by atoms with Gasteiger partial charge < -0.3 is 14.4 Å². The second-order valence-electron chi connectivity index (χ2n) is 8.26. The van der Waals surface area contributed by atoms with Gasteiger partial charge in [-0.25, -0.2) is 0 Å². The van der Waals surface area contributed by atoms with Gasteiger partial charge >= 0.3 is 0 Å². The highest BCUT2D eigenvalue weighted by atomic mass is 16.5. The van der Waals surface area contributed by atoms with Crippen molar-refractivity contribution in [1.29, 1.82) is 0 Å². The number of carbonyl (C=O) groups excluding carboxylic acids is 1. The van der Waals surface area contributed by atoms with Gasteiger partial charge in [-0.2, -0.15) is 0 Å². The Morgan fingerprint density at radius 3 is 2.62 bits per heavy atom. The SMILES string of the molecule is COc1cc2c(cc1C)[C@H]1c3ccccc3N(CN3CCN(C)CC3)C(=O)C1O2. The molecule has 0 radical (unpaired) electrons. The smallest absolute Gasteiger partial charge is 0.270 e. The fraction of sp³-hybridized carbons (Fsp3) is 0.435. The zero-order chi connectivity index (χ0) is 20.1. The number of piperazine rings is 1. The van der Waals surface area contributed by atoms with E-state index in [1.165, 1.54) is 0 Å². The van der Waals surface area contributed by atoms with Crippen molar-refractivity contribution in [3.63, 3.8) is 0 Å². The summed E-state index contributed by atoms with van der Waals surface area (Å²) in [6.07, 6.45) is -0.515. The van der Waals surface area contributed by atoms with Gasteiger partial charge in [-0.3, -0.25) is 14.6 Å².